The minimum atomic E-state index is -0.819. The van der Waals surface area contributed by atoms with Gasteiger partial charge < -0.3 is 9.67 Å². The van der Waals surface area contributed by atoms with Crippen molar-refractivity contribution in [3.63, 3.8) is 0 Å². The van der Waals surface area contributed by atoms with E-state index in [1.54, 1.807) is 6.07 Å². The minimum Gasteiger partial charge on any atom is -0.477 e. The Morgan fingerprint density at radius 3 is 2.63 bits per heavy atom. The van der Waals surface area contributed by atoms with E-state index in [0.717, 1.165) is 10.1 Å². The lowest BCUT2D eigenvalue weighted by molar-refractivity contribution is 0.0679. The molecule has 1 fully saturated rings. The van der Waals surface area contributed by atoms with Crippen molar-refractivity contribution in [2.24, 2.45) is 11.3 Å². The van der Waals surface area contributed by atoms with Crippen LogP contribution in [0.3, 0.4) is 0 Å². The zero-order chi connectivity index (χ0) is 14.0. The number of hydrogen-bond donors (Lipinski definition) is 1. The van der Waals surface area contributed by atoms with Crippen molar-refractivity contribution in [1.82, 2.24) is 4.57 Å². The number of hydrogen-bond acceptors (Lipinski definition) is 1. The summed E-state index contributed by atoms with van der Waals surface area (Å²) in [6.45, 7) is 5.38. The monoisotopic (exact) mass is 375 g/mol. The summed E-state index contributed by atoms with van der Waals surface area (Å²) in [6.07, 6.45) is 8.21. The van der Waals surface area contributed by atoms with Crippen LogP contribution in [-0.2, 0) is 6.54 Å². The van der Waals surface area contributed by atoms with Crippen LogP contribution in [0.15, 0.2) is 12.3 Å². The zero-order valence-corrected chi connectivity index (χ0v) is 13.8. The van der Waals surface area contributed by atoms with Crippen molar-refractivity contribution in [3.05, 3.63) is 21.5 Å². The van der Waals surface area contributed by atoms with Gasteiger partial charge in [-0.15, -0.1) is 0 Å². The quantitative estimate of drug-likeness (QED) is 0.776. The molecular formula is C15H22INO2. The van der Waals surface area contributed by atoms with E-state index in [1.165, 1.54) is 32.1 Å². The highest BCUT2D eigenvalue weighted by Gasteiger charge is 2.35. The van der Waals surface area contributed by atoms with Crippen LogP contribution in [0.2, 0.25) is 0 Å². The predicted octanol–water partition coefficient (Wildman–Crippen LogP) is 4.40. The number of carboxylic acids is 1. The Balaban J connectivity index is 2.24. The molecule has 106 valence electrons. The highest BCUT2D eigenvalue weighted by molar-refractivity contribution is 14.1. The first-order valence-corrected chi connectivity index (χ1v) is 8.09. The van der Waals surface area contributed by atoms with Gasteiger partial charge in [-0.05, 0) is 59.3 Å². The number of aromatic carboxylic acids is 1. The normalized spacial score (nSPS) is 18.1. The van der Waals surface area contributed by atoms with Gasteiger partial charge in [0.05, 0.1) is 0 Å². The molecule has 19 heavy (non-hydrogen) atoms. The molecule has 0 aromatic carbocycles. The third-order valence-corrected chi connectivity index (χ3v) is 4.68. The van der Waals surface area contributed by atoms with Gasteiger partial charge in [-0.1, -0.05) is 26.7 Å². The van der Waals surface area contributed by atoms with Gasteiger partial charge in [-0.25, -0.2) is 4.79 Å². The van der Waals surface area contributed by atoms with E-state index in [9.17, 15) is 9.90 Å². The summed E-state index contributed by atoms with van der Waals surface area (Å²) in [6, 6.07) is 1.76. The molecule has 0 unspecified atom stereocenters. The molecule has 1 aliphatic carbocycles. The summed E-state index contributed by atoms with van der Waals surface area (Å²) in [5.74, 6) is -0.151. The van der Waals surface area contributed by atoms with Gasteiger partial charge in [0.25, 0.3) is 0 Å². The lowest BCUT2D eigenvalue weighted by Crippen LogP contribution is -2.26. The Bertz CT molecular complexity index is 459. The summed E-state index contributed by atoms with van der Waals surface area (Å²) in [4.78, 5) is 11.3. The van der Waals surface area contributed by atoms with Crippen molar-refractivity contribution < 1.29 is 9.90 Å². The first-order chi connectivity index (χ1) is 8.92. The number of aromatic nitrogens is 1. The first kappa shape index (κ1) is 14.9. The smallest absolute Gasteiger partial charge is 0.352 e. The largest absolute Gasteiger partial charge is 0.477 e. The average Bonchev–Trinajstić information content (AvgIpc) is 2.85. The predicted molar refractivity (Wildman–Crippen MR) is 84.5 cm³/mol. The molecule has 1 saturated carbocycles. The summed E-state index contributed by atoms with van der Waals surface area (Å²) in [5, 5.41) is 9.29. The maximum atomic E-state index is 11.3. The lowest BCUT2D eigenvalue weighted by atomic mass is 9.78. The summed E-state index contributed by atoms with van der Waals surface area (Å²) in [7, 11) is 0. The van der Waals surface area contributed by atoms with Crippen LogP contribution < -0.4 is 0 Å². The first-order valence-electron chi connectivity index (χ1n) is 7.01. The molecule has 0 bridgehead atoms. The maximum Gasteiger partial charge on any atom is 0.352 e. The summed E-state index contributed by atoms with van der Waals surface area (Å²) >= 11 is 2.19. The summed E-state index contributed by atoms with van der Waals surface area (Å²) in [5.41, 5.74) is 0.736. The molecule has 0 saturated heterocycles. The molecule has 1 aromatic rings. The van der Waals surface area contributed by atoms with Gasteiger partial charge in [-0.2, -0.15) is 0 Å². The minimum absolute atomic E-state index is 0.306. The van der Waals surface area contributed by atoms with Gasteiger partial charge in [0.1, 0.15) is 5.69 Å². The van der Waals surface area contributed by atoms with Crippen LogP contribution in [0.4, 0.5) is 0 Å². The van der Waals surface area contributed by atoms with Crippen LogP contribution in [0.5, 0.6) is 0 Å². The van der Waals surface area contributed by atoms with E-state index in [0.29, 0.717) is 17.0 Å². The average molecular weight is 375 g/mol. The van der Waals surface area contributed by atoms with Crippen molar-refractivity contribution in [3.8, 4) is 0 Å². The molecule has 1 heterocycles. The van der Waals surface area contributed by atoms with Crippen molar-refractivity contribution >= 4 is 28.6 Å². The Kier molecular flexibility index (Phi) is 4.58. The Morgan fingerprint density at radius 2 is 2.11 bits per heavy atom. The molecule has 1 N–H and O–H groups in total. The van der Waals surface area contributed by atoms with Crippen molar-refractivity contribution in [1.29, 1.82) is 0 Å². The van der Waals surface area contributed by atoms with E-state index < -0.39 is 5.97 Å². The van der Waals surface area contributed by atoms with Gasteiger partial charge in [0, 0.05) is 16.3 Å². The number of rotatable bonds is 5. The topological polar surface area (TPSA) is 42.2 Å². The number of halogens is 1. The number of nitrogens with zero attached hydrogens (tertiary/aromatic N) is 1. The molecule has 0 amide bonds. The number of carboxylic acid groups (broad SMARTS) is 1. The van der Waals surface area contributed by atoms with E-state index in [2.05, 4.69) is 36.4 Å². The molecule has 1 aromatic heterocycles. The van der Waals surface area contributed by atoms with E-state index in [1.807, 2.05) is 10.8 Å². The van der Waals surface area contributed by atoms with E-state index in [4.69, 9.17) is 0 Å². The van der Waals surface area contributed by atoms with Gasteiger partial charge >= 0.3 is 5.97 Å². The van der Waals surface area contributed by atoms with Gasteiger partial charge in [0.15, 0.2) is 0 Å². The second-order valence-corrected chi connectivity index (χ2v) is 7.53. The second-order valence-electron chi connectivity index (χ2n) is 6.28. The standard InChI is InChI=1S/C15H22INO2/c1-11(2)8-15(5-3-4-6-15)10-17-9-12(16)7-13(17)14(18)19/h7,9,11H,3-6,8,10H2,1-2H3,(H,18,19). The van der Waals surface area contributed by atoms with Gasteiger partial charge in [-0.3, -0.25) is 0 Å². The maximum absolute atomic E-state index is 11.3. The Labute approximate surface area is 128 Å². The van der Waals surface area contributed by atoms with Crippen LogP contribution >= 0.6 is 22.6 Å². The van der Waals surface area contributed by atoms with Crippen LogP contribution in [0, 0.1) is 14.9 Å². The summed E-state index contributed by atoms with van der Waals surface area (Å²) < 4.78 is 2.96. The fourth-order valence-electron chi connectivity index (χ4n) is 3.56. The molecule has 4 heteroatoms. The van der Waals surface area contributed by atoms with Crippen molar-refractivity contribution in [2.75, 3.05) is 0 Å². The lowest BCUT2D eigenvalue weighted by Gasteiger charge is -2.32. The molecule has 0 radical (unpaired) electrons. The molecule has 2 rings (SSSR count). The van der Waals surface area contributed by atoms with Gasteiger partial charge in [0.2, 0.25) is 0 Å². The van der Waals surface area contributed by atoms with E-state index >= 15 is 0 Å². The second kappa shape index (κ2) is 5.85. The molecule has 3 nitrogen and oxygen atoms in total. The molecule has 0 atom stereocenters. The Morgan fingerprint density at radius 1 is 1.47 bits per heavy atom. The Hall–Kier alpha value is -0.520. The fraction of sp³-hybridized carbons (Fsp3) is 0.667. The molecule has 0 spiro atoms. The van der Waals surface area contributed by atoms with Crippen LogP contribution in [0.1, 0.15) is 56.4 Å². The van der Waals surface area contributed by atoms with Crippen molar-refractivity contribution in [2.45, 2.75) is 52.5 Å². The highest BCUT2D eigenvalue weighted by atomic mass is 127. The van der Waals surface area contributed by atoms with Crippen LogP contribution in [0.25, 0.3) is 0 Å². The highest BCUT2D eigenvalue weighted by Crippen LogP contribution is 2.44. The molecule has 1 aliphatic rings. The third kappa shape index (κ3) is 3.52. The number of carbonyl (C=O) groups is 1. The van der Waals surface area contributed by atoms with Crippen LogP contribution in [-0.4, -0.2) is 15.6 Å². The molecular weight excluding hydrogens is 353 g/mol. The fourth-order valence-corrected chi connectivity index (χ4v) is 4.19. The SMILES string of the molecule is CC(C)CC1(Cn2cc(I)cc2C(=O)O)CCCC1. The molecule has 0 aliphatic heterocycles. The zero-order valence-electron chi connectivity index (χ0n) is 11.7. The third-order valence-electron chi connectivity index (χ3n) is 4.09. The van der Waals surface area contributed by atoms with E-state index in [-0.39, 0.29) is 0 Å².